The van der Waals surface area contributed by atoms with Crippen LogP contribution in [0.2, 0.25) is 0 Å². The van der Waals surface area contributed by atoms with Gasteiger partial charge in [0.05, 0.1) is 59.2 Å². The maximum absolute atomic E-state index is 13.0. The molecule has 0 radical (unpaired) electrons. The highest BCUT2D eigenvalue weighted by molar-refractivity contribution is 9.10. The molecule has 0 bridgehead atoms. The molecule has 16 rings (SSSR count). The summed E-state index contributed by atoms with van der Waals surface area (Å²) in [5.41, 5.74) is 12.8. The number of hydrogen-bond donors (Lipinski definition) is 6. The van der Waals surface area contributed by atoms with E-state index in [9.17, 15) is 36.8 Å². The van der Waals surface area contributed by atoms with Crippen molar-refractivity contribution >= 4 is 61.8 Å². The smallest absolute Gasteiger partial charge is 0.381 e. The van der Waals surface area contributed by atoms with Crippen LogP contribution in [-0.2, 0) is 50.2 Å². The molecule has 1 fully saturated rings. The molecule has 12 aromatic heterocycles. The van der Waals surface area contributed by atoms with Crippen molar-refractivity contribution in [1.29, 1.82) is 0 Å². The van der Waals surface area contributed by atoms with Gasteiger partial charge in [0.15, 0.2) is 22.6 Å². The van der Waals surface area contributed by atoms with Crippen LogP contribution in [-0.4, -0.2) is 104 Å². The SMILES string of the molecule is Brc1cnn2c(NCc3cccnc3)cc(C3CCOCC3)nc12.CCc1cnn2c(NCc3ccc[n+](O)c3)cc(-c3ccccc3)nc12.FC(F)(F)Cc1cnn2c(NCc3cccnc3)cc(-c3ccccc3)nc12.O[n+]1cccc(CNc2cc(-c3ccccc3)nc3c(CC(F)(F)F)cnn23)c1. The molecule has 1 aliphatic heterocycles. The molecule has 0 atom stereocenters. The minimum Gasteiger partial charge on any atom is -0.381 e. The average Bonchev–Trinajstić information content (AvgIpc) is 1.67. The molecule has 1 aliphatic rings. The van der Waals surface area contributed by atoms with E-state index in [4.69, 9.17) is 14.7 Å². The summed E-state index contributed by atoms with van der Waals surface area (Å²) in [5.74, 6) is 3.29. The predicted molar refractivity (Wildman–Crippen MR) is 393 cm³/mol. The Morgan fingerprint density at radius 1 is 0.449 bits per heavy atom. The number of pyridine rings is 4. The van der Waals surface area contributed by atoms with Crippen LogP contribution >= 0.6 is 15.9 Å². The number of nitrogens with one attached hydrogen (secondary N) is 4. The van der Waals surface area contributed by atoms with Crippen LogP contribution in [0.4, 0.5) is 49.6 Å². The van der Waals surface area contributed by atoms with Gasteiger partial charge in [0.25, 0.3) is 0 Å². The van der Waals surface area contributed by atoms with Gasteiger partial charge >= 0.3 is 12.4 Å². The van der Waals surface area contributed by atoms with Crippen molar-refractivity contribution in [2.24, 2.45) is 0 Å². The fourth-order valence-corrected chi connectivity index (χ4v) is 12.2. The van der Waals surface area contributed by atoms with Crippen molar-refractivity contribution in [3.63, 3.8) is 0 Å². The number of rotatable bonds is 19. The quantitative estimate of drug-likeness (QED) is 0.0250. The van der Waals surface area contributed by atoms with E-state index in [1.807, 2.05) is 137 Å². The van der Waals surface area contributed by atoms with E-state index in [-0.39, 0.29) is 22.4 Å². The molecule has 107 heavy (non-hydrogen) atoms. The summed E-state index contributed by atoms with van der Waals surface area (Å²) in [5, 5.41) is 49.5. The minimum absolute atomic E-state index is 0.00578. The lowest BCUT2D eigenvalue weighted by Gasteiger charge is -2.22. The van der Waals surface area contributed by atoms with E-state index in [1.54, 1.807) is 61.4 Å². The summed E-state index contributed by atoms with van der Waals surface area (Å²) >= 11 is 3.55. The van der Waals surface area contributed by atoms with Crippen LogP contribution in [0.5, 0.6) is 0 Å². The molecule has 23 nitrogen and oxygen atoms in total. The molecular formula is C77H71BrF6N20O3+2. The van der Waals surface area contributed by atoms with E-state index < -0.39 is 25.2 Å². The maximum Gasteiger partial charge on any atom is 0.393 e. The molecule has 15 aromatic rings. The number of aryl methyl sites for hydroxylation is 1. The summed E-state index contributed by atoms with van der Waals surface area (Å²) in [6.45, 7) is 5.75. The third-order valence-corrected chi connectivity index (χ3v) is 17.7. The first-order chi connectivity index (χ1) is 51.9. The zero-order valence-corrected chi connectivity index (χ0v) is 59.1. The molecule has 1 saturated heterocycles. The highest BCUT2D eigenvalue weighted by Crippen LogP contribution is 2.33. The highest BCUT2D eigenvalue weighted by atomic mass is 79.9. The third-order valence-electron chi connectivity index (χ3n) is 17.1. The number of fused-ring (bicyclic) bond motifs is 4. The van der Waals surface area contributed by atoms with Crippen LogP contribution in [0.3, 0.4) is 0 Å². The Hall–Kier alpha value is -12.4. The molecule has 544 valence electrons. The summed E-state index contributed by atoms with van der Waals surface area (Å²) in [7, 11) is 0. The molecule has 0 saturated carbocycles. The monoisotopic (exact) mass is 1520 g/mol. The average molecular weight is 1520 g/mol. The maximum atomic E-state index is 13.0. The first-order valence-corrected chi connectivity index (χ1v) is 34.9. The third kappa shape index (κ3) is 18.9. The molecule has 3 aromatic carbocycles. The zero-order valence-electron chi connectivity index (χ0n) is 57.5. The van der Waals surface area contributed by atoms with E-state index in [0.717, 1.165) is 125 Å². The van der Waals surface area contributed by atoms with Gasteiger partial charge in [0.2, 0.25) is 24.8 Å². The highest BCUT2D eigenvalue weighted by Gasteiger charge is 2.32. The van der Waals surface area contributed by atoms with E-state index in [2.05, 4.69) is 109 Å². The molecule has 0 amide bonds. The lowest BCUT2D eigenvalue weighted by Crippen LogP contribution is -2.29. The Balaban J connectivity index is 0.000000126. The zero-order chi connectivity index (χ0) is 74.3. The number of anilines is 4. The van der Waals surface area contributed by atoms with E-state index in [0.29, 0.717) is 55.1 Å². The van der Waals surface area contributed by atoms with E-state index >= 15 is 0 Å². The van der Waals surface area contributed by atoms with Gasteiger partial charge < -0.3 is 26.0 Å². The summed E-state index contributed by atoms with van der Waals surface area (Å²) < 4.78 is 92.6. The molecule has 13 heterocycles. The van der Waals surface area contributed by atoms with Crippen LogP contribution in [0, 0.1) is 0 Å². The molecule has 0 unspecified atom stereocenters. The molecule has 6 N–H and O–H groups in total. The number of ether oxygens (including phenoxy) is 1. The topological polar surface area (TPSA) is 252 Å². The predicted octanol–water partition coefficient (Wildman–Crippen LogP) is 14.6. The number of halogens is 7. The number of hydrogen-bond acceptors (Lipinski definition) is 17. The van der Waals surface area contributed by atoms with Gasteiger partial charge in [-0.1, -0.05) is 110 Å². The second kappa shape index (κ2) is 33.6. The molecule has 0 spiro atoms. The fourth-order valence-electron chi connectivity index (χ4n) is 11.9. The Morgan fingerprint density at radius 3 is 1.21 bits per heavy atom. The van der Waals surface area contributed by atoms with Gasteiger partial charge in [-0.15, -0.1) is 0 Å². The fraction of sp³-hybridized carbons (Fsp3) is 0.195. The Morgan fingerprint density at radius 2 is 0.822 bits per heavy atom. The molecular weight excluding hydrogens is 1450 g/mol. The first kappa shape index (κ1) is 72.9. The van der Waals surface area contributed by atoms with Gasteiger partial charge in [0.1, 0.15) is 23.3 Å². The number of aromatic nitrogens is 16. The van der Waals surface area contributed by atoms with Crippen molar-refractivity contribution in [3.05, 3.63) is 287 Å². The van der Waals surface area contributed by atoms with Crippen LogP contribution in [0.15, 0.2) is 243 Å². The van der Waals surface area contributed by atoms with Gasteiger partial charge in [-0.25, -0.2) is 19.9 Å². The van der Waals surface area contributed by atoms with E-state index in [1.165, 1.54) is 33.8 Å². The van der Waals surface area contributed by atoms with Crippen molar-refractivity contribution in [2.45, 2.75) is 83.5 Å². The van der Waals surface area contributed by atoms with Crippen LogP contribution < -0.4 is 30.7 Å². The van der Waals surface area contributed by atoms with Crippen LogP contribution in [0.25, 0.3) is 56.4 Å². The van der Waals surface area contributed by atoms with Gasteiger partial charge in [-0.05, 0) is 70.6 Å². The number of nitrogens with zero attached hydrogens (tertiary/aromatic N) is 16. The molecule has 0 aliphatic carbocycles. The van der Waals surface area contributed by atoms with Gasteiger partial charge in [-0.3, -0.25) is 20.4 Å². The van der Waals surface area contributed by atoms with Crippen molar-refractivity contribution in [2.75, 3.05) is 34.5 Å². The Bertz CT molecular complexity index is 5440. The molecule has 30 heteroatoms. The van der Waals surface area contributed by atoms with Gasteiger partial charge in [-0.2, -0.15) is 64.8 Å². The van der Waals surface area contributed by atoms with Gasteiger partial charge in [0, 0.05) is 166 Å². The summed E-state index contributed by atoms with van der Waals surface area (Å²) in [6, 6.07) is 51.3. The van der Waals surface area contributed by atoms with Crippen LogP contribution in [0.1, 0.15) is 70.3 Å². The summed E-state index contributed by atoms with van der Waals surface area (Å²) in [6.07, 6.45) is 11.4. The normalized spacial score (nSPS) is 12.4. The van der Waals surface area contributed by atoms with Crippen molar-refractivity contribution < 1.29 is 51.0 Å². The second-order valence-corrected chi connectivity index (χ2v) is 25.7. The number of benzene rings is 3. The lowest BCUT2D eigenvalue weighted by molar-refractivity contribution is -0.905. The standard InChI is InChI=1S/C20H17F3N5O.C20H16F3N5.C20H20N5O.C17H18BrN5O/c21-20(22,23)10-16-12-25-28-18(24-11-14-5-4-8-27(29)13-14)9-17(26-19(16)28)15-6-2-1-3-7-15;21-20(22,23)10-16-13-26-28-18(25-12-14-5-4-8-24-11-14)9-17(27-19(16)28)15-6-2-1-3-7-15;1-2-16-13-22-25-19(21-12-15-7-6-10-24(26)14-15)11-18(23-20(16)25)17-8-4-3-5-9-17;18-14-11-21-23-16(20-10-12-2-1-5-19-9-12)8-15(22-17(14)23)13-3-6-24-7-4-13/h1-9,12-13,24,29H,10-11H2;1-9,11,13,25H,10,12H2;3-11,13-14,21,26H,2,12H2,1H3;1-2,5,8-9,11,13,20H,3-4,6-7,10H2/q+1;;+1;. The first-order valence-electron chi connectivity index (χ1n) is 34.1. The van der Waals surface area contributed by atoms with Crippen molar-refractivity contribution in [3.8, 4) is 33.8 Å². The Kier molecular flexibility index (Phi) is 22.9. The largest absolute Gasteiger partial charge is 0.393 e. The summed E-state index contributed by atoms with van der Waals surface area (Å²) in [4.78, 5) is 26.8. The Labute approximate surface area is 617 Å². The second-order valence-electron chi connectivity index (χ2n) is 24.8. The minimum atomic E-state index is -4.36. The van der Waals surface area contributed by atoms with Crippen molar-refractivity contribution in [1.82, 2.24) is 68.4 Å². The number of alkyl halides is 6. The lowest BCUT2D eigenvalue weighted by atomic mass is 9.96.